The molecule has 0 N–H and O–H groups in total. The van der Waals surface area contributed by atoms with Crippen LogP contribution >= 0.6 is 11.6 Å². The van der Waals surface area contributed by atoms with Crippen LogP contribution in [0, 0.1) is 5.82 Å². The van der Waals surface area contributed by atoms with E-state index in [0.717, 1.165) is 5.56 Å². The van der Waals surface area contributed by atoms with Gasteiger partial charge in [-0.3, -0.25) is 9.69 Å². The number of carbonyl (C=O) groups is 1. The molecule has 3 aromatic carbocycles. The number of hydrogen-bond acceptors (Lipinski definition) is 3. The number of amidine groups is 1. The summed E-state index contributed by atoms with van der Waals surface area (Å²) in [5.74, 6) is 0.356. The highest BCUT2D eigenvalue weighted by Gasteiger charge is 2.32. The van der Waals surface area contributed by atoms with E-state index in [1.54, 1.807) is 73.8 Å². The Morgan fingerprint density at radius 2 is 1.69 bits per heavy atom. The zero-order valence-corrected chi connectivity index (χ0v) is 16.2. The van der Waals surface area contributed by atoms with Gasteiger partial charge >= 0.3 is 0 Å². The van der Waals surface area contributed by atoms with Crippen LogP contribution in [0.25, 0.3) is 6.08 Å². The van der Waals surface area contributed by atoms with Gasteiger partial charge in [-0.25, -0.2) is 9.38 Å². The van der Waals surface area contributed by atoms with Gasteiger partial charge in [-0.05, 0) is 60.7 Å². The lowest BCUT2D eigenvalue weighted by Crippen LogP contribution is -2.32. The molecular weight excluding hydrogens is 391 g/mol. The molecule has 0 saturated heterocycles. The molecular formula is C23H16ClFN2O2. The molecule has 0 fully saturated rings. The van der Waals surface area contributed by atoms with Crippen LogP contribution in [0.2, 0.25) is 5.02 Å². The molecule has 0 radical (unpaired) electrons. The number of amides is 1. The summed E-state index contributed by atoms with van der Waals surface area (Å²) in [5.41, 5.74) is 1.79. The Balaban J connectivity index is 1.82. The number of hydrogen-bond donors (Lipinski definition) is 0. The third kappa shape index (κ3) is 3.77. The number of rotatable bonds is 4. The van der Waals surface area contributed by atoms with Gasteiger partial charge < -0.3 is 4.74 Å². The van der Waals surface area contributed by atoms with E-state index in [-0.39, 0.29) is 11.6 Å². The molecule has 0 saturated carbocycles. The maximum atomic E-state index is 14.1. The molecule has 0 aliphatic carbocycles. The molecule has 1 heterocycles. The predicted octanol–water partition coefficient (Wildman–Crippen LogP) is 5.32. The monoisotopic (exact) mass is 406 g/mol. The summed E-state index contributed by atoms with van der Waals surface area (Å²) in [6.45, 7) is 0. The highest BCUT2D eigenvalue weighted by Crippen LogP contribution is 2.29. The fourth-order valence-corrected chi connectivity index (χ4v) is 3.15. The smallest absolute Gasteiger partial charge is 0.282 e. The Morgan fingerprint density at radius 3 is 2.34 bits per heavy atom. The normalized spacial score (nSPS) is 15.0. The van der Waals surface area contributed by atoms with Crippen molar-refractivity contribution in [2.45, 2.75) is 0 Å². The van der Waals surface area contributed by atoms with Gasteiger partial charge in [0.1, 0.15) is 23.1 Å². The average molecular weight is 407 g/mol. The van der Waals surface area contributed by atoms with Gasteiger partial charge in [0.2, 0.25) is 0 Å². The lowest BCUT2D eigenvalue weighted by molar-refractivity contribution is -0.113. The van der Waals surface area contributed by atoms with Gasteiger partial charge in [0.05, 0.1) is 12.8 Å². The van der Waals surface area contributed by atoms with E-state index < -0.39 is 5.82 Å². The molecule has 4 nitrogen and oxygen atoms in total. The van der Waals surface area contributed by atoms with E-state index in [0.29, 0.717) is 27.9 Å². The molecule has 144 valence electrons. The van der Waals surface area contributed by atoms with E-state index in [1.165, 1.54) is 17.0 Å². The largest absolute Gasteiger partial charge is 0.497 e. The van der Waals surface area contributed by atoms with Crippen LogP contribution in [0.1, 0.15) is 11.1 Å². The summed E-state index contributed by atoms with van der Waals surface area (Å²) in [6.07, 6.45) is 1.46. The number of ether oxygens (including phenoxy) is 1. The fourth-order valence-electron chi connectivity index (χ4n) is 3.02. The molecule has 3 aromatic rings. The predicted molar refractivity (Wildman–Crippen MR) is 113 cm³/mol. The second-order valence-electron chi connectivity index (χ2n) is 6.33. The Kier molecular flexibility index (Phi) is 5.14. The molecule has 1 aliphatic heterocycles. The van der Waals surface area contributed by atoms with Gasteiger partial charge in [0, 0.05) is 16.1 Å². The van der Waals surface area contributed by atoms with Gasteiger partial charge in [-0.2, -0.15) is 0 Å². The third-order valence-electron chi connectivity index (χ3n) is 4.49. The topological polar surface area (TPSA) is 41.9 Å². The number of carbonyl (C=O) groups excluding carboxylic acids is 1. The van der Waals surface area contributed by atoms with E-state index in [1.807, 2.05) is 0 Å². The Bertz CT molecular complexity index is 1120. The molecule has 1 aliphatic rings. The van der Waals surface area contributed by atoms with Crippen molar-refractivity contribution in [1.82, 2.24) is 0 Å². The van der Waals surface area contributed by atoms with Gasteiger partial charge in [-0.1, -0.05) is 29.8 Å². The van der Waals surface area contributed by atoms with Crippen LogP contribution in [0.4, 0.5) is 10.1 Å². The Labute approximate surface area is 172 Å². The van der Waals surface area contributed by atoms with Crippen molar-refractivity contribution in [3.63, 3.8) is 0 Å². The fraction of sp³-hybridized carbons (Fsp3) is 0.0435. The highest BCUT2D eigenvalue weighted by atomic mass is 35.5. The number of methoxy groups -OCH3 is 1. The van der Waals surface area contributed by atoms with Crippen molar-refractivity contribution in [2.75, 3.05) is 12.0 Å². The van der Waals surface area contributed by atoms with Gasteiger partial charge in [0.25, 0.3) is 5.91 Å². The minimum atomic E-state index is -0.418. The van der Waals surface area contributed by atoms with E-state index in [4.69, 9.17) is 16.3 Å². The maximum Gasteiger partial charge on any atom is 0.282 e. The van der Waals surface area contributed by atoms with Gasteiger partial charge in [-0.15, -0.1) is 0 Å². The SMILES string of the molecule is COc1ccc(N2C(=O)/C(=C\c3ccccc3F)N=C2c2ccc(Cl)cc2)cc1. The second kappa shape index (κ2) is 7.89. The summed E-state index contributed by atoms with van der Waals surface area (Å²) >= 11 is 6.00. The molecule has 0 atom stereocenters. The first-order valence-corrected chi connectivity index (χ1v) is 9.24. The molecule has 0 bridgehead atoms. The van der Waals surface area contributed by atoms with E-state index in [9.17, 15) is 9.18 Å². The first kappa shape index (κ1) is 18.9. The molecule has 1 amide bonds. The molecule has 4 rings (SSSR count). The molecule has 0 aromatic heterocycles. The minimum absolute atomic E-state index is 0.149. The van der Waals surface area contributed by atoms with Crippen molar-refractivity contribution < 1.29 is 13.9 Å². The first-order chi connectivity index (χ1) is 14.1. The molecule has 6 heteroatoms. The van der Waals surface area contributed by atoms with Crippen LogP contribution in [-0.4, -0.2) is 18.9 Å². The number of nitrogens with zero attached hydrogens (tertiary/aromatic N) is 2. The number of benzene rings is 3. The Morgan fingerprint density at radius 1 is 1.00 bits per heavy atom. The summed E-state index contributed by atoms with van der Waals surface area (Å²) in [7, 11) is 1.58. The average Bonchev–Trinajstić information content (AvgIpc) is 3.06. The highest BCUT2D eigenvalue weighted by molar-refractivity contribution is 6.34. The summed E-state index contributed by atoms with van der Waals surface area (Å²) in [5, 5.41) is 0.580. The summed E-state index contributed by atoms with van der Waals surface area (Å²) in [4.78, 5) is 19.2. The third-order valence-corrected chi connectivity index (χ3v) is 4.74. The van der Waals surface area contributed by atoms with Crippen molar-refractivity contribution in [3.8, 4) is 5.75 Å². The standard InChI is InChI=1S/C23H16ClFN2O2/c1-29-19-12-10-18(11-13-19)27-22(15-6-8-17(24)9-7-15)26-21(23(27)28)14-16-4-2-3-5-20(16)25/h2-14H,1H3/b21-14+. The van der Waals surface area contributed by atoms with Crippen molar-refractivity contribution >= 4 is 35.1 Å². The number of anilines is 1. The molecule has 0 unspecified atom stereocenters. The lowest BCUT2D eigenvalue weighted by Gasteiger charge is -2.19. The number of aliphatic imine (C=N–C) groups is 1. The summed E-state index contributed by atoms with van der Waals surface area (Å²) in [6, 6.07) is 20.4. The molecule has 0 spiro atoms. The van der Waals surface area contributed by atoms with Crippen LogP contribution in [0.5, 0.6) is 5.75 Å². The quantitative estimate of drug-likeness (QED) is 0.550. The van der Waals surface area contributed by atoms with Crippen LogP contribution < -0.4 is 9.64 Å². The second-order valence-corrected chi connectivity index (χ2v) is 6.77. The zero-order chi connectivity index (χ0) is 20.4. The first-order valence-electron chi connectivity index (χ1n) is 8.86. The van der Waals surface area contributed by atoms with Crippen LogP contribution in [0.3, 0.4) is 0 Å². The summed E-state index contributed by atoms with van der Waals surface area (Å²) < 4.78 is 19.3. The van der Waals surface area contributed by atoms with Crippen molar-refractivity contribution in [2.24, 2.45) is 4.99 Å². The van der Waals surface area contributed by atoms with E-state index in [2.05, 4.69) is 4.99 Å². The lowest BCUT2D eigenvalue weighted by atomic mass is 10.1. The van der Waals surface area contributed by atoms with E-state index >= 15 is 0 Å². The molecule has 29 heavy (non-hydrogen) atoms. The van der Waals surface area contributed by atoms with Crippen LogP contribution in [0.15, 0.2) is 83.5 Å². The van der Waals surface area contributed by atoms with Crippen LogP contribution in [-0.2, 0) is 4.79 Å². The van der Waals surface area contributed by atoms with Gasteiger partial charge in [0.15, 0.2) is 0 Å². The number of halogens is 2. The van der Waals surface area contributed by atoms with Crippen molar-refractivity contribution in [1.29, 1.82) is 0 Å². The zero-order valence-electron chi connectivity index (χ0n) is 15.5. The minimum Gasteiger partial charge on any atom is -0.497 e. The Hall–Kier alpha value is -3.44. The maximum absolute atomic E-state index is 14.1. The van der Waals surface area contributed by atoms with Crippen molar-refractivity contribution in [3.05, 3.63) is 100 Å².